The van der Waals surface area contributed by atoms with Crippen LogP contribution in [0, 0.1) is 0 Å². The van der Waals surface area contributed by atoms with Gasteiger partial charge in [0.15, 0.2) is 5.75 Å². The molecule has 0 aliphatic heterocycles. The van der Waals surface area contributed by atoms with Crippen LogP contribution < -0.4 is 15.2 Å². The molecule has 1 aromatic rings. The molecular weight excluding hydrogens is 344 g/mol. The number of benzene rings is 1. The molecular formula is C13H15Cl4NO2. The predicted octanol–water partition coefficient (Wildman–Crippen LogP) is 4.81. The first kappa shape index (κ1) is 17.7. The van der Waals surface area contributed by atoms with Crippen molar-refractivity contribution >= 4 is 46.4 Å². The van der Waals surface area contributed by atoms with Crippen LogP contribution in [-0.4, -0.2) is 19.3 Å². The third-order valence-corrected chi connectivity index (χ3v) is 3.15. The zero-order chi connectivity index (χ0) is 15.1. The highest BCUT2D eigenvalue weighted by molar-refractivity contribution is 6.55. The first-order chi connectivity index (χ1) is 9.40. The van der Waals surface area contributed by atoms with Gasteiger partial charge in [0.1, 0.15) is 16.8 Å². The maximum Gasteiger partial charge on any atom is 0.156 e. The lowest BCUT2D eigenvalue weighted by Crippen LogP contribution is -2.18. The lowest BCUT2D eigenvalue weighted by Gasteiger charge is -2.13. The van der Waals surface area contributed by atoms with Gasteiger partial charge in [-0.15, -0.1) is 0 Å². The quantitative estimate of drug-likeness (QED) is 0.760. The average Bonchev–Trinajstić information content (AvgIpc) is 2.32. The predicted molar refractivity (Wildman–Crippen MR) is 85.5 cm³/mol. The van der Waals surface area contributed by atoms with Gasteiger partial charge in [-0.3, -0.25) is 0 Å². The minimum atomic E-state index is 0.0576. The van der Waals surface area contributed by atoms with Gasteiger partial charge in [-0.25, -0.2) is 0 Å². The summed E-state index contributed by atoms with van der Waals surface area (Å²) in [5.74, 6) is 0.928. The highest BCUT2D eigenvalue weighted by atomic mass is 35.5. The van der Waals surface area contributed by atoms with Crippen molar-refractivity contribution in [2.45, 2.75) is 19.4 Å². The molecule has 1 unspecified atom stereocenters. The molecule has 7 heteroatoms. The highest BCUT2D eigenvalue weighted by Crippen LogP contribution is 2.37. The summed E-state index contributed by atoms with van der Waals surface area (Å²) >= 11 is 23.2. The smallest absolute Gasteiger partial charge is 0.156 e. The Balaban J connectivity index is 2.68. The second-order valence-corrected chi connectivity index (χ2v) is 5.96. The van der Waals surface area contributed by atoms with Gasteiger partial charge in [0.2, 0.25) is 0 Å². The molecule has 0 bridgehead atoms. The Morgan fingerprint density at radius 1 is 1.25 bits per heavy atom. The van der Waals surface area contributed by atoms with Crippen LogP contribution in [0.15, 0.2) is 22.7 Å². The van der Waals surface area contributed by atoms with Crippen LogP contribution >= 0.6 is 46.4 Å². The summed E-state index contributed by atoms with van der Waals surface area (Å²) in [6.45, 7) is 2.57. The molecule has 112 valence electrons. The maximum atomic E-state index is 6.10. The zero-order valence-electron chi connectivity index (χ0n) is 10.8. The highest BCUT2D eigenvalue weighted by Gasteiger charge is 2.11. The Labute approximate surface area is 138 Å². The Bertz CT molecular complexity index is 450. The van der Waals surface area contributed by atoms with Crippen LogP contribution in [-0.2, 0) is 0 Å². The lowest BCUT2D eigenvalue weighted by molar-refractivity contribution is 0.300. The molecule has 0 aliphatic rings. The van der Waals surface area contributed by atoms with Gasteiger partial charge < -0.3 is 15.2 Å². The van der Waals surface area contributed by atoms with E-state index in [0.717, 1.165) is 0 Å². The monoisotopic (exact) mass is 357 g/mol. The van der Waals surface area contributed by atoms with Gasteiger partial charge in [-0.1, -0.05) is 46.4 Å². The molecule has 0 aliphatic carbocycles. The van der Waals surface area contributed by atoms with Crippen molar-refractivity contribution in [1.29, 1.82) is 0 Å². The van der Waals surface area contributed by atoms with Crippen molar-refractivity contribution in [3.63, 3.8) is 0 Å². The summed E-state index contributed by atoms with van der Waals surface area (Å²) in [6.07, 6.45) is 2.22. The summed E-state index contributed by atoms with van der Waals surface area (Å²) in [4.78, 5) is 0. The Morgan fingerprint density at radius 3 is 2.35 bits per heavy atom. The third kappa shape index (κ3) is 6.42. The van der Waals surface area contributed by atoms with E-state index in [1.165, 1.54) is 6.08 Å². The fraction of sp³-hybridized carbons (Fsp3) is 0.385. The van der Waals surface area contributed by atoms with Crippen molar-refractivity contribution in [1.82, 2.24) is 0 Å². The average molecular weight is 359 g/mol. The number of rotatable bonds is 7. The number of halogens is 4. The molecule has 0 heterocycles. The molecule has 0 amide bonds. The van der Waals surface area contributed by atoms with Crippen molar-refractivity contribution in [3.05, 3.63) is 32.7 Å². The number of hydrogen-bond donors (Lipinski definition) is 1. The summed E-state index contributed by atoms with van der Waals surface area (Å²) in [5.41, 5.74) is 5.64. The summed E-state index contributed by atoms with van der Waals surface area (Å²) in [6, 6.07) is 3.29. The van der Waals surface area contributed by atoms with Gasteiger partial charge >= 0.3 is 0 Å². The second-order valence-electron chi connectivity index (χ2n) is 4.14. The Hall–Kier alpha value is -0.320. The van der Waals surface area contributed by atoms with Crippen molar-refractivity contribution in [3.8, 4) is 11.5 Å². The molecule has 20 heavy (non-hydrogen) atoms. The SMILES string of the molecule is CC(N)CCOc1c(Cl)cc(OCC=C(Cl)Cl)cc1Cl. The van der Waals surface area contributed by atoms with Gasteiger partial charge in [-0.2, -0.15) is 0 Å². The minimum Gasteiger partial charge on any atom is -0.490 e. The topological polar surface area (TPSA) is 44.5 Å². The standard InChI is InChI=1S/C13H15Cl4NO2/c1-8(18)2-4-20-13-10(14)6-9(7-11(13)15)19-5-3-12(16)17/h3,6-8H,2,4-5,18H2,1H3. The van der Waals surface area contributed by atoms with Crippen molar-refractivity contribution < 1.29 is 9.47 Å². The summed E-state index contributed by atoms with van der Waals surface area (Å²) in [5, 5.41) is 0.747. The van der Waals surface area contributed by atoms with Crippen LogP contribution in [0.2, 0.25) is 10.0 Å². The van der Waals surface area contributed by atoms with E-state index in [1.54, 1.807) is 12.1 Å². The fourth-order valence-electron chi connectivity index (χ4n) is 1.31. The fourth-order valence-corrected chi connectivity index (χ4v) is 2.01. The largest absolute Gasteiger partial charge is 0.490 e. The van der Waals surface area contributed by atoms with E-state index in [4.69, 9.17) is 61.6 Å². The number of hydrogen-bond acceptors (Lipinski definition) is 3. The molecule has 0 radical (unpaired) electrons. The number of ether oxygens (including phenoxy) is 2. The van der Waals surface area contributed by atoms with Crippen LogP contribution in [0.4, 0.5) is 0 Å². The first-order valence-corrected chi connectivity index (χ1v) is 7.42. The molecule has 3 nitrogen and oxygen atoms in total. The zero-order valence-corrected chi connectivity index (χ0v) is 13.9. The maximum absolute atomic E-state index is 6.10. The van der Waals surface area contributed by atoms with Gasteiger partial charge in [0, 0.05) is 18.2 Å². The van der Waals surface area contributed by atoms with Gasteiger partial charge in [0.25, 0.3) is 0 Å². The Kier molecular flexibility index (Phi) is 7.85. The van der Waals surface area contributed by atoms with Crippen molar-refractivity contribution in [2.75, 3.05) is 13.2 Å². The summed E-state index contributed by atoms with van der Waals surface area (Å²) in [7, 11) is 0. The van der Waals surface area contributed by atoms with Crippen LogP contribution in [0.25, 0.3) is 0 Å². The van der Waals surface area contributed by atoms with E-state index < -0.39 is 0 Å². The molecule has 1 aromatic carbocycles. The molecule has 0 spiro atoms. The molecule has 0 saturated carbocycles. The van der Waals surface area contributed by atoms with Crippen molar-refractivity contribution in [2.24, 2.45) is 5.73 Å². The normalized spacial score (nSPS) is 11.9. The Morgan fingerprint density at radius 2 is 1.85 bits per heavy atom. The van der Waals surface area contributed by atoms with Crippen LogP contribution in [0.5, 0.6) is 11.5 Å². The van der Waals surface area contributed by atoms with E-state index in [2.05, 4.69) is 0 Å². The molecule has 1 atom stereocenters. The molecule has 0 saturated heterocycles. The van der Waals surface area contributed by atoms with Gasteiger partial charge in [0.05, 0.1) is 16.7 Å². The molecule has 1 rings (SSSR count). The van der Waals surface area contributed by atoms with Crippen LogP contribution in [0.3, 0.4) is 0 Å². The number of nitrogens with two attached hydrogens (primary N) is 1. The van der Waals surface area contributed by atoms with E-state index in [-0.39, 0.29) is 17.1 Å². The second kappa shape index (κ2) is 8.85. The lowest BCUT2D eigenvalue weighted by atomic mass is 10.2. The van der Waals surface area contributed by atoms with E-state index in [0.29, 0.717) is 34.6 Å². The molecule has 0 aromatic heterocycles. The van der Waals surface area contributed by atoms with E-state index in [9.17, 15) is 0 Å². The molecule has 2 N–H and O–H groups in total. The first-order valence-electron chi connectivity index (χ1n) is 5.91. The minimum absolute atomic E-state index is 0.0576. The third-order valence-electron chi connectivity index (χ3n) is 2.28. The van der Waals surface area contributed by atoms with E-state index in [1.807, 2.05) is 6.92 Å². The van der Waals surface area contributed by atoms with Crippen LogP contribution in [0.1, 0.15) is 13.3 Å². The van der Waals surface area contributed by atoms with E-state index >= 15 is 0 Å². The molecule has 0 fully saturated rings. The summed E-state index contributed by atoms with van der Waals surface area (Å²) < 4.78 is 11.0. The van der Waals surface area contributed by atoms with Gasteiger partial charge in [-0.05, 0) is 19.4 Å².